The zero-order valence-corrected chi connectivity index (χ0v) is 13.6. The third kappa shape index (κ3) is 3.42. The normalized spacial score (nSPS) is 10.7. The molecule has 4 nitrogen and oxygen atoms in total. The molecule has 3 heterocycles. The Labute approximate surface area is 135 Å². The van der Waals surface area contributed by atoms with E-state index in [-0.39, 0.29) is 5.82 Å². The van der Waals surface area contributed by atoms with Crippen LogP contribution in [0.1, 0.15) is 11.3 Å². The van der Waals surface area contributed by atoms with Gasteiger partial charge in [-0.05, 0) is 37.6 Å². The van der Waals surface area contributed by atoms with Gasteiger partial charge in [0.05, 0.1) is 21.0 Å². The first-order chi connectivity index (χ1) is 10.6. The Morgan fingerprint density at radius 1 is 1.14 bits per heavy atom. The zero-order valence-electron chi connectivity index (χ0n) is 12.0. The number of halogens is 1. The van der Waals surface area contributed by atoms with Gasteiger partial charge in [0.1, 0.15) is 5.82 Å². The zero-order chi connectivity index (χ0) is 15.5. The van der Waals surface area contributed by atoms with Crippen LogP contribution in [0.4, 0.5) is 15.3 Å². The van der Waals surface area contributed by atoms with Crippen LogP contribution in [0.5, 0.6) is 0 Å². The summed E-state index contributed by atoms with van der Waals surface area (Å²) in [5.74, 6) is 0.465. The predicted octanol–water partition coefficient (Wildman–Crippen LogP) is 4.58. The summed E-state index contributed by atoms with van der Waals surface area (Å²) < 4.78 is 14.9. The van der Waals surface area contributed by atoms with Crippen molar-refractivity contribution in [2.45, 2.75) is 23.0 Å². The number of thiazole rings is 1. The molecule has 0 aliphatic carbocycles. The molecule has 0 aliphatic rings. The van der Waals surface area contributed by atoms with E-state index in [0.717, 1.165) is 20.7 Å². The van der Waals surface area contributed by atoms with Crippen molar-refractivity contribution in [1.29, 1.82) is 0 Å². The molecule has 3 rings (SSSR count). The Morgan fingerprint density at radius 3 is 2.77 bits per heavy atom. The summed E-state index contributed by atoms with van der Waals surface area (Å²) in [6.07, 6.45) is 5.08. The molecule has 0 spiro atoms. The minimum atomic E-state index is -0.282. The molecule has 3 aromatic rings. The average Bonchev–Trinajstić information content (AvgIpc) is 2.91. The van der Waals surface area contributed by atoms with Gasteiger partial charge >= 0.3 is 0 Å². The fraction of sp³-hybridized carbons (Fsp3) is 0.133. The maximum absolute atomic E-state index is 14.0. The minimum Gasteiger partial charge on any atom is -0.316 e. The first-order valence-electron chi connectivity index (χ1n) is 6.56. The van der Waals surface area contributed by atoms with E-state index in [2.05, 4.69) is 20.3 Å². The van der Waals surface area contributed by atoms with Gasteiger partial charge in [-0.25, -0.2) is 14.4 Å². The van der Waals surface area contributed by atoms with E-state index in [9.17, 15) is 4.39 Å². The number of nitrogens with zero attached hydrogens (tertiary/aromatic N) is 3. The van der Waals surface area contributed by atoms with Gasteiger partial charge in [0, 0.05) is 12.4 Å². The monoisotopic (exact) mass is 332 g/mol. The van der Waals surface area contributed by atoms with Gasteiger partial charge in [-0.15, -0.1) is 0 Å². The number of aryl methyl sites for hydroxylation is 2. The summed E-state index contributed by atoms with van der Waals surface area (Å²) in [5.41, 5.74) is 1.52. The van der Waals surface area contributed by atoms with E-state index >= 15 is 0 Å². The van der Waals surface area contributed by atoms with Gasteiger partial charge in [0.15, 0.2) is 10.9 Å². The van der Waals surface area contributed by atoms with Crippen LogP contribution in [0.25, 0.3) is 0 Å². The molecule has 1 N–H and O–H groups in total. The van der Waals surface area contributed by atoms with Gasteiger partial charge in [-0.2, -0.15) is 0 Å². The molecule has 0 saturated heterocycles. The van der Waals surface area contributed by atoms with Crippen LogP contribution in [0, 0.1) is 19.7 Å². The van der Waals surface area contributed by atoms with Crippen LogP contribution in [0.2, 0.25) is 0 Å². The van der Waals surface area contributed by atoms with E-state index in [4.69, 9.17) is 0 Å². The summed E-state index contributed by atoms with van der Waals surface area (Å²) in [7, 11) is 0. The van der Waals surface area contributed by atoms with Crippen molar-refractivity contribution in [3.8, 4) is 0 Å². The highest BCUT2D eigenvalue weighted by Gasteiger charge is 2.10. The highest BCUT2D eigenvalue weighted by atomic mass is 32.2. The lowest BCUT2D eigenvalue weighted by Crippen LogP contribution is -1.92. The standard InChI is InChI=1S/C15H13FN4S2/c1-9-3-5-18-12(7-9)20-15-19-8-13(22-15)21-11-4-6-17-10(2)14(11)16/h3-8H,1-2H3,(H,18,19,20). The van der Waals surface area contributed by atoms with Crippen molar-refractivity contribution in [3.63, 3.8) is 0 Å². The quantitative estimate of drug-likeness (QED) is 0.757. The number of nitrogens with one attached hydrogen (secondary N) is 1. The van der Waals surface area contributed by atoms with Crippen LogP contribution < -0.4 is 5.32 Å². The molecule has 0 fully saturated rings. The molecule has 3 aromatic heterocycles. The molecule has 0 amide bonds. The lowest BCUT2D eigenvalue weighted by atomic mass is 10.3. The number of rotatable bonds is 4. The number of hydrogen-bond acceptors (Lipinski definition) is 6. The van der Waals surface area contributed by atoms with Crippen molar-refractivity contribution < 1.29 is 4.39 Å². The van der Waals surface area contributed by atoms with Crippen molar-refractivity contribution in [3.05, 3.63) is 53.9 Å². The molecule has 0 aliphatic heterocycles. The van der Waals surface area contributed by atoms with Crippen molar-refractivity contribution in [2.75, 3.05) is 5.32 Å². The highest BCUT2D eigenvalue weighted by Crippen LogP contribution is 2.36. The van der Waals surface area contributed by atoms with Gasteiger partial charge in [0.2, 0.25) is 0 Å². The minimum absolute atomic E-state index is 0.282. The summed E-state index contributed by atoms with van der Waals surface area (Å²) >= 11 is 2.80. The topological polar surface area (TPSA) is 50.7 Å². The Bertz CT molecular complexity index is 804. The van der Waals surface area contributed by atoms with Crippen LogP contribution in [0.3, 0.4) is 0 Å². The van der Waals surface area contributed by atoms with Gasteiger partial charge < -0.3 is 5.32 Å². The van der Waals surface area contributed by atoms with Crippen LogP contribution in [0.15, 0.2) is 45.9 Å². The van der Waals surface area contributed by atoms with E-state index in [1.807, 2.05) is 19.1 Å². The molecule has 0 bridgehead atoms. The van der Waals surface area contributed by atoms with Crippen molar-refractivity contribution in [1.82, 2.24) is 15.0 Å². The van der Waals surface area contributed by atoms with Gasteiger partial charge in [0.25, 0.3) is 0 Å². The fourth-order valence-corrected chi connectivity index (χ4v) is 3.71. The van der Waals surface area contributed by atoms with Crippen LogP contribution in [-0.4, -0.2) is 15.0 Å². The molecule has 0 unspecified atom stereocenters. The smallest absolute Gasteiger partial charge is 0.189 e. The largest absolute Gasteiger partial charge is 0.316 e. The van der Waals surface area contributed by atoms with Gasteiger partial charge in [-0.3, -0.25) is 4.98 Å². The van der Waals surface area contributed by atoms with E-state index in [1.54, 1.807) is 31.6 Å². The second kappa shape index (κ2) is 6.41. The molecule has 0 aromatic carbocycles. The Kier molecular flexibility index (Phi) is 4.35. The number of hydrogen-bond donors (Lipinski definition) is 1. The molecular formula is C15H13FN4S2. The highest BCUT2D eigenvalue weighted by molar-refractivity contribution is 8.01. The number of pyridine rings is 2. The molecule has 7 heteroatoms. The van der Waals surface area contributed by atoms with Gasteiger partial charge in [-0.1, -0.05) is 23.1 Å². The molecular weight excluding hydrogens is 319 g/mol. The van der Waals surface area contributed by atoms with Crippen LogP contribution in [-0.2, 0) is 0 Å². The maximum atomic E-state index is 14.0. The second-order valence-corrected chi connectivity index (χ2v) is 7.01. The Morgan fingerprint density at radius 2 is 1.95 bits per heavy atom. The summed E-state index contributed by atoms with van der Waals surface area (Å²) in [6, 6.07) is 5.55. The van der Waals surface area contributed by atoms with Crippen LogP contribution >= 0.6 is 23.1 Å². The third-order valence-corrected chi connectivity index (χ3v) is 4.92. The molecule has 0 saturated carbocycles. The fourth-order valence-electron chi connectivity index (χ4n) is 1.79. The lowest BCUT2D eigenvalue weighted by Gasteiger charge is -2.02. The lowest BCUT2D eigenvalue weighted by molar-refractivity contribution is 0.583. The second-order valence-electron chi connectivity index (χ2n) is 4.64. The molecule has 22 heavy (non-hydrogen) atoms. The predicted molar refractivity (Wildman–Crippen MR) is 87.4 cm³/mol. The van der Waals surface area contributed by atoms with E-state index in [0.29, 0.717) is 10.6 Å². The molecule has 112 valence electrons. The average molecular weight is 332 g/mol. The Balaban J connectivity index is 1.75. The number of anilines is 2. The first kappa shape index (κ1) is 14.9. The first-order valence-corrected chi connectivity index (χ1v) is 8.19. The molecule has 0 radical (unpaired) electrons. The van der Waals surface area contributed by atoms with E-state index < -0.39 is 0 Å². The third-order valence-electron chi connectivity index (χ3n) is 2.87. The maximum Gasteiger partial charge on any atom is 0.189 e. The Hall–Kier alpha value is -1.99. The van der Waals surface area contributed by atoms with E-state index in [1.165, 1.54) is 23.1 Å². The number of aromatic nitrogens is 3. The summed E-state index contributed by atoms with van der Waals surface area (Å²) in [4.78, 5) is 13.0. The van der Waals surface area contributed by atoms with Crippen molar-refractivity contribution in [2.24, 2.45) is 0 Å². The van der Waals surface area contributed by atoms with Crippen molar-refractivity contribution >= 4 is 34.0 Å². The molecule has 0 atom stereocenters. The SMILES string of the molecule is Cc1ccnc(Nc2ncc(Sc3ccnc(C)c3F)s2)c1. The summed E-state index contributed by atoms with van der Waals surface area (Å²) in [6.45, 7) is 3.66. The summed E-state index contributed by atoms with van der Waals surface area (Å²) in [5, 5.41) is 3.88.